The Bertz CT molecular complexity index is 987. The van der Waals surface area contributed by atoms with E-state index in [-0.39, 0.29) is 12.1 Å². The van der Waals surface area contributed by atoms with Crippen LogP contribution in [-0.2, 0) is 11.2 Å². The van der Waals surface area contributed by atoms with Gasteiger partial charge < -0.3 is 24.8 Å². The average molecular weight is 411 g/mol. The van der Waals surface area contributed by atoms with Crippen LogP contribution in [0.3, 0.4) is 0 Å². The van der Waals surface area contributed by atoms with Crippen LogP contribution < -0.4 is 10.6 Å². The molecule has 7 nitrogen and oxygen atoms in total. The number of aryl methyl sites for hydroxylation is 2. The van der Waals surface area contributed by atoms with Crippen molar-refractivity contribution in [3.05, 3.63) is 59.2 Å². The second-order valence-electron chi connectivity index (χ2n) is 7.86. The molecule has 0 bridgehead atoms. The van der Waals surface area contributed by atoms with Gasteiger partial charge in [0, 0.05) is 43.3 Å². The summed E-state index contributed by atoms with van der Waals surface area (Å²) < 4.78 is 11.3. The Kier molecular flexibility index (Phi) is 6.40. The van der Waals surface area contributed by atoms with Gasteiger partial charge in [-0.3, -0.25) is 4.90 Å². The van der Waals surface area contributed by atoms with E-state index in [1.54, 1.807) is 0 Å². The van der Waals surface area contributed by atoms with Crippen molar-refractivity contribution in [2.45, 2.75) is 26.3 Å². The minimum atomic E-state index is -0.160. The molecule has 1 atom stereocenters. The zero-order chi connectivity index (χ0) is 20.9. The number of H-pyrrole nitrogens is 1. The average Bonchev–Trinajstić information content (AvgIpc) is 3.35. The number of furan rings is 1. The second-order valence-corrected chi connectivity index (χ2v) is 7.86. The van der Waals surface area contributed by atoms with E-state index in [9.17, 15) is 4.79 Å². The highest BCUT2D eigenvalue weighted by Gasteiger charge is 2.25. The molecule has 1 aliphatic rings. The van der Waals surface area contributed by atoms with Gasteiger partial charge >= 0.3 is 6.03 Å². The second kappa shape index (κ2) is 9.36. The van der Waals surface area contributed by atoms with Crippen molar-refractivity contribution in [2.75, 3.05) is 39.4 Å². The highest BCUT2D eigenvalue weighted by Crippen LogP contribution is 2.23. The van der Waals surface area contributed by atoms with E-state index in [1.807, 2.05) is 25.3 Å². The zero-order valence-corrected chi connectivity index (χ0v) is 17.7. The van der Waals surface area contributed by atoms with Crippen LogP contribution in [0.1, 0.15) is 28.7 Å². The Balaban J connectivity index is 1.30. The van der Waals surface area contributed by atoms with Crippen molar-refractivity contribution in [3.8, 4) is 0 Å². The van der Waals surface area contributed by atoms with E-state index in [4.69, 9.17) is 9.15 Å². The predicted molar refractivity (Wildman–Crippen MR) is 117 cm³/mol. The van der Waals surface area contributed by atoms with Gasteiger partial charge in [0.15, 0.2) is 0 Å². The quantitative estimate of drug-likeness (QED) is 0.558. The molecule has 1 fully saturated rings. The van der Waals surface area contributed by atoms with Crippen LogP contribution in [0.5, 0.6) is 0 Å². The van der Waals surface area contributed by atoms with Crippen molar-refractivity contribution in [1.82, 2.24) is 20.5 Å². The fraction of sp³-hybridized carbons (Fsp3) is 0.435. The number of fused-ring (bicyclic) bond motifs is 1. The van der Waals surface area contributed by atoms with Crippen LogP contribution in [0.4, 0.5) is 4.79 Å². The Labute approximate surface area is 176 Å². The minimum Gasteiger partial charge on any atom is -0.465 e. The summed E-state index contributed by atoms with van der Waals surface area (Å²) in [5.41, 5.74) is 3.58. The molecule has 0 saturated carbocycles. The molecule has 30 heavy (non-hydrogen) atoms. The van der Waals surface area contributed by atoms with Crippen molar-refractivity contribution in [2.24, 2.45) is 0 Å². The largest absolute Gasteiger partial charge is 0.465 e. The van der Waals surface area contributed by atoms with Crippen LogP contribution in [0, 0.1) is 13.8 Å². The summed E-state index contributed by atoms with van der Waals surface area (Å²) in [4.78, 5) is 18.0. The first-order valence-electron chi connectivity index (χ1n) is 10.6. The van der Waals surface area contributed by atoms with E-state index in [2.05, 4.69) is 45.6 Å². The zero-order valence-electron chi connectivity index (χ0n) is 17.7. The van der Waals surface area contributed by atoms with Gasteiger partial charge in [-0.05, 0) is 49.6 Å². The highest BCUT2D eigenvalue weighted by atomic mass is 16.5. The number of carbonyl (C=O) groups excluding carboxylic acids is 1. The number of morpholine rings is 1. The predicted octanol–water partition coefficient (Wildman–Crippen LogP) is 3.29. The van der Waals surface area contributed by atoms with E-state index in [1.165, 1.54) is 16.5 Å². The van der Waals surface area contributed by atoms with Crippen LogP contribution in [0.2, 0.25) is 0 Å². The molecule has 1 aliphatic heterocycles. The lowest BCUT2D eigenvalue weighted by Gasteiger charge is -2.33. The monoisotopic (exact) mass is 410 g/mol. The Morgan fingerprint density at radius 1 is 1.17 bits per heavy atom. The number of aromatic nitrogens is 1. The van der Waals surface area contributed by atoms with Gasteiger partial charge in [0.1, 0.15) is 11.5 Å². The number of benzene rings is 1. The van der Waals surface area contributed by atoms with Crippen molar-refractivity contribution < 1.29 is 13.9 Å². The Hall–Kier alpha value is -2.77. The third kappa shape index (κ3) is 4.86. The van der Waals surface area contributed by atoms with E-state index in [0.29, 0.717) is 26.3 Å². The number of urea groups is 1. The maximum Gasteiger partial charge on any atom is 0.314 e. The van der Waals surface area contributed by atoms with Gasteiger partial charge in [0.25, 0.3) is 0 Å². The lowest BCUT2D eigenvalue weighted by molar-refractivity contribution is 0.0121. The number of rotatable bonds is 7. The summed E-state index contributed by atoms with van der Waals surface area (Å²) >= 11 is 0. The normalized spacial score (nSPS) is 15.9. The fourth-order valence-electron chi connectivity index (χ4n) is 4.00. The molecule has 160 valence electrons. The maximum atomic E-state index is 12.4. The number of amides is 2. The number of nitrogens with zero attached hydrogens (tertiary/aromatic N) is 1. The summed E-state index contributed by atoms with van der Waals surface area (Å²) in [5.74, 6) is 1.76. The molecular weight excluding hydrogens is 380 g/mol. The molecule has 4 rings (SSSR count). The maximum absolute atomic E-state index is 12.4. The lowest BCUT2D eigenvalue weighted by Crippen LogP contribution is -2.45. The Morgan fingerprint density at radius 3 is 2.77 bits per heavy atom. The molecule has 1 unspecified atom stereocenters. The smallest absolute Gasteiger partial charge is 0.314 e. The highest BCUT2D eigenvalue weighted by molar-refractivity contribution is 5.83. The van der Waals surface area contributed by atoms with Gasteiger partial charge in [0.05, 0.1) is 19.3 Å². The van der Waals surface area contributed by atoms with Crippen LogP contribution in [0.25, 0.3) is 10.9 Å². The molecule has 0 spiro atoms. The first kappa shape index (κ1) is 20.5. The fourth-order valence-corrected chi connectivity index (χ4v) is 4.00. The molecular formula is C23H30N4O3. The number of nitrogens with one attached hydrogen (secondary N) is 3. The summed E-state index contributed by atoms with van der Waals surface area (Å²) in [6, 6.07) is 10.2. The molecule has 3 N–H and O–H groups in total. The minimum absolute atomic E-state index is 0.00482. The first-order valence-corrected chi connectivity index (χ1v) is 10.6. The SMILES string of the molecule is Cc1ccc2c(CCNC(=O)NCC(c3ccc(C)o3)N3CCOCC3)c[nH]c2c1. The van der Waals surface area contributed by atoms with E-state index in [0.717, 1.165) is 36.5 Å². The van der Waals surface area contributed by atoms with Gasteiger partial charge in [-0.25, -0.2) is 4.79 Å². The van der Waals surface area contributed by atoms with Crippen LogP contribution in [0.15, 0.2) is 40.9 Å². The molecule has 7 heteroatoms. The van der Waals surface area contributed by atoms with Crippen molar-refractivity contribution in [1.29, 1.82) is 0 Å². The number of aromatic amines is 1. The summed E-state index contributed by atoms with van der Waals surface area (Å²) in [7, 11) is 0. The standard InChI is InChI=1S/C23H30N4O3/c1-16-3-5-19-18(14-25-20(19)13-16)7-8-24-23(28)26-15-21(22-6-4-17(2)30-22)27-9-11-29-12-10-27/h3-6,13-14,21,25H,7-12,15H2,1-2H3,(H2,24,26,28). The number of ether oxygens (including phenoxy) is 1. The summed E-state index contributed by atoms with van der Waals surface area (Å²) in [6.07, 6.45) is 2.80. The molecule has 3 heterocycles. The molecule has 1 saturated heterocycles. The van der Waals surface area contributed by atoms with Gasteiger partial charge in [0.2, 0.25) is 0 Å². The topological polar surface area (TPSA) is 82.5 Å². The third-order valence-corrected chi connectivity index (χ3v) is 5.63. The number of hydrogen-bond donors (Lipinski definition) is 3. The number of hydrogen-bond acceptors (Lipinski definition) is 4. The summed E-state index contributed by atoms with van der Waals surface area (Å²) in [6.45, 7) is 8.15. The van der Waals surface area contributed by atoms with Crippen molar-refractivity contribution >= 4 is 16.9 Å². The molecule has 0 aliphatic carbocycles. The summed E-state index contributed by atoms with van der Waals surface area (Å²) in [5, 5.41) is 7.20. The van der Waals surface area contributed by atoms with E-state index >= 15 is 0 Å². The molecule has 2 aromatic heterocycles. The third-order valence-electron chi connectivity index (χ3n) is 5.63. The van der Waals surface area contributed by atoms with Crippen molar-refractivity contribution in [3.63, 3.8) is 0 Å². The molecule has 0 radical (unpaired) electrons. The molecule has 1 aromatic carbocycles. The molecule has 3 aromatic rings. The van der Waals surface area contributed by atoms with Gasteiger partial charge in [-0.2, -0.15) is 0 Å². The van der Waals surface area contributed by atoms with Gasteiger partial charge in [-0.1, -0.05) is 12.1 Å². The first-order chi connectivity index (χ1) is 14.6. The van der Waals surface area contributed by atoms with E-state index < -0.39 is 0 Å². The number of carbonyl (C=O) groups is 1. The van der Waals surface area contributed by atoms with Gasteiger partial charge in [-0.15, -0.1) is 0 Å². The lowest BCUT2D eigenvalue weighted by atomic mass is 10.1. The Morgan fingerprint density at radius 2 is 2.00 bits per heavy atom. The molecule has 2 amide bonds. The van der Waals surface area contributed by atoms with Crippen LogP contribution in [-0.4, -0.2) is 55.3 Å². The van der Waals surface area contributed by atoms with Crippen LogP contribution >= 0.6 is 0 Å².